The molecule has 18 heavy (non-hydrogen) atoms. The smallest absolute Gasteiger partial charge is 0.255 e. The van der Waals surface area contributed by atoms with E-state index in [-0.39, 0.29) is 17.9 Å². The van der Waals surface area contributed by atoms with Gasteiger partial charge >= 0.3 is 0 Å². The molecule has 0 aliphatic rings. The Labute approximate surface area is 104 Å². The summed E-state index contributed by atoms with van der Waals surface area (Å²) in [6.07, 6.45) is 0. The summed E-state index contributed by atoms with van der Waals surface area (Å²) in [6, 6.07) is 1.56. The number of amides is 1. The van der Waals surface area contributed by atoms with Gasteiger partial charge in [0.2, 0.25) is 0 Å². The lowest BCUT2D eigenvalue weighted by Crippen LogP contribution is -2.46. The molecule has 1 rings (SSSR count). The van der Waals surface area contributed by atoms with Gasteiger partial charge in [0.1, 0.15) is 5.75 Å². The average Bonchev–Trinajstić information content (AvgIpc) is 2.31. The summed E-state index contributed by atoms with van der Waals surface area (Å²) in [5.74, 6) is -2.95. The van der Waals surface area contributed by atoms with E-state index in [1.807, 2.05) is 0 Å². The molecule has 0 unspecified atom stereocenters. The fourth-order valence-electron chi connectivity index (χ4n) is 1.29. The zero-order valence-corrected chi connectivity index (χ0v) is 10.4. The standard InChI is InChI=1S/C12H15F2NO3/c1-12(2,6-16)15-11(17)7-4-8(13)9(14)5-10(7)18-3/h4-5,16H,6H2,1-3H3,(H,15,17). The molecule has 0 atom stereocenters. The molecule has 2 N–H and O–H groups in total. The molecular weight excluding hydrogens is 244 g/mol. The van der Waals surface area contributed by atoms with E-state index in [0.717, 1.165) is 12.1 Å². The lowest BCUT2D eigenvalue weighted by Gasteiger charge is -2.24. The van der Waals surface area contributed by atoms with Crippen LogP contribution in [0.2, 0.25) is 0 Å². The Morgan fingerprint density at radius 3 is 2.44 bits per heavy atom. The molecule has 1 aromatic rings. The first-order chi connectivity index (χ1) is 8.30. The Bertz CT molecular complexity index is 461. The minimum absolute atomic E-state index is 0.0693. The van der Waals surface area contributed by atoms with E-state index in [0.29, 0.717) is 0 Å². The number of aliphatic hydroxyl groups is 1. The molecule has 0 aliphatic carbocycles. The topological polar surface area (TPSA) is 58.6 Å². The largest absolute Gasteiger partial charge is 0.496 e. The number of carbonyl (C=O) groups is 1. The number of benzene rings is 1. The number of halogens is 2. The van der Waals surface area contributed by atoms with E-state index < -0.39 is 23.1 Å². The Balaban J connectivity index is 3.09. The van der Waals surface area contributed by atoms with Crippen molar-refractivity contribution < 1.29 is 23.4 Å². The minimum atomic E-state index is -1.14. The van der Waals surface area contributed by atoms with Crippen LogP contribution in [0.25, 0.3) is 0 Å². The number of aliphatic hydroxyl groups excluding tert-OH is 1. The van der Waals surface area contributed by atoms with Crippen molar-refractivity contribution in [2.45, 2.75) is 19.4 Å². The fraction of sp³-hybridized carbons (Fsp3) is 0.417. The van der Waals surface area contributed by atoms with Crippen molar-refractivity contribution in [2.24, 2.45) is 0 Å². The molecule has 0 fully saturated rings. The number of methoxy groups -OCH3 is 1. The third-order valence-corrected chi connectivity index (χ3v) is 2.33. The van der Waals surface area contributed by atoms with Crippen LogP contribution in [-0.4, -0.2) is 30.3 Å². The van der Waals surface area contributed by atoms with Crippen molar-refractivity contribution in [1.82, 2.24) is 5.32 Å². The van der Waals surface area contributed by atoms with Gasteiger partial charge in [0.15, 0.2) is 11.6 Å². The third kappa shape index (κ3) is 3.16. The van der Waals surface area contributed by atoms with Crippen LogP contribution in [-0.2, 0) is 0 Å². The summed E-state index contributed by atoms with van der Waals surface area (Å²) in [5, 5.41) is 11.5. The first-order valence-electron chi connectivity index (χ1n) is 5.27. The molecule has 1 amide bonds. The SMILES string of the molecule is COc1cc(F)c(F)cc1C(=O)NC(C)(C)CO. The molecule has 0 spiro atoms. The maximum Gasteiger partial charge on any atom is 0.255 e. The summed E-state index contributed by atoms with van der Waals surface area (Å²) in [4.78, 5) is 11.9. The number of hydrogen-bond donors (Lipinski definition) is 2. The highest BCUT2D eigenvalue weighted by Gasteiger charge is 2.23. The monoisotopic (exact) mass is 259 g/mol. The molecule has 0 aliphatic heterocycles. The first-order valence-corrected chi connectivity index (χ1v) is 5.27. The predicted octanol–water partition coefficient (Wildman–Crippen LogP) is 1.47. The van der Waals surface area contributed by atoms with E-state index in [4.69, 9.17) is 9.84 Å². The average molecular weight is 259 g/mol. The Hall–Kier alpha value is -1.69. The lowest BCUT2D eigenvalue weighted by atomic mass is 10.1. The van der Waals surface area contributed by atoms with Crippen LogP contribution in [0, 0.1) is 11.6 Å². The summed E-state index contributed by atoms with van der Waals surface area (Å²) in [7, 11) is 1.25. The second-order valence-electron chi connectivity index (χ2n) is 4.46. The number of carbonyl (C=O) groups excluding carboxylic acids is 1. The van der Waals surface area contributed by atoms with Crippen molar-refractivity contribution in [2.75, 3.05) is 13.7 Å². The van der Waals surface area contributed by atoms with Crippen LogP contribution >= 0.6 is 0 Å². The van der Waals surface area contributed by atoms with Crippen molar-refractivity contribution in [1.29, 1.82) is 0 Å². The van der Waals surface area contributed by atoms with Gasteiger partial charge in [0.05, 0.1) is 24.8 Å². The van der Waals surface area contributed by atoms with Crippen molar-refractivity contribution in [3.63, 3.8) is 0 Å². The molecular formula is C12H15F2NO3. The van der Waals surface area contributed by atoms with Crippen LogP contribution in [0.4, 0.5) is 8.78 Å². The maximum atomic E-state index is 13.1. The first kappa shape index (κ1) is 14.4. The molecule has 0 saturated heterocycles. The fourth-order valence-corrected chi connectivity index (χ4v) is 1.29. The summed E-state index contributed by atoms with van der Waals surface area (Å²) < 4.78 is 30.9. The molecule has 0 heterocycles. The molecule has 100 valence electrons. The molecule has 0 aromatic heterocycles. The number of rotatable bonds is 4. The second kappa shape index (κ2) is 5.30. The third-order valence-electron chi connectivity index (χ3n) is 2.33. The van der Waals surface area contributed by atoms with Gasteiger partial charge in [0.25, 0.3) is 5.91 Å². The van der Waals surface area contributed by atoms with Gasteiger partial charge in [-0.15, -0.1) is 0 Å². The minimum Gasteiger partial charge on any atom is -0.496 e. The van der Waals surface area contributed by atoms with Gasteiger partial charge in [-0.25, -0.2) is 8.78 Å². The highest BCUT2D eigenvalue weighted by molar-refractivity contribution is 5.97. The van der Waals surface area contributed by atoms with E-state index in [1.165, 1.54) is 7.11 Å². The Morgan fingerprint density at radius 1 is 1.39 bits per heavy atom. The van der Waals surface area contributed by atoms with Crippen molar-refractivity contribution in [3.05, 3.63) is 29.3 Å². The Kier molecular flexibility index (Phi) is 4.24. The van der Waals surface area contributed by atoms with E-state index >= 15 is 0 Å². The molecule has 0 saturated carbocycles. The van der Waals surface area contributed by atoms with Crippen molar-refractivity contribution >= 4 is 5.91 Å². The molecule has 0 bridgehead atoms. The maximum absolute atomic E-state index is 13.1. The van der Waals surface area contributed by atoms with E-state index in [1.54, 1.807) is 13.8 Å². The molecule has 1 aromatic carbocycles. The highest BCUT2D eigenvalue weighted by atomic mass is 19.2. The highest BCUT2D eigenvalue weighted by Crippen LogP contribution is 2.22. The second-order valence-corrected chi connectivity index (χ2v) is 4.46. The van der Waals surface area contributed by atoms with Gasteiger partial charge in [-0.3, -0.25) is 4.79 Å². The van der Waals surface area contributed by atoms with Gasteiger partial charge in [-0.2, -0.15) is 0 Å². The lowest BCUT2D eigenvalue weighted by molar-refractivity contribution is 0.0865. The molecule has 6 heteroatoms. The van der Waals surface area contributed by atoms with E-state index in [9.17, 15) is 13.6 Å². The van der Waals surface area contributed by atoms with Crippen LogP contribution in [0.3, 0.4) is 0 Å². The van der Waals surface area contributed by atoms with Gasteiger partial charge in [-0.05, 0) is 19.9 Å². The normalized spacial score (nSPS) is 11.2. The molecule has 4 nitrogen and oxygen atoms in total. The quantitative estimate of drug-likeness (QED) is 0.861. The zero-order valence-electron chi connectivity index (χ0n) is 10.4. The van der Waals surface area contributed by atoms with Gasteiger partial charge < -0.3 is 15.2 Å². The van der Waals surface area contributed by atoms with Crippen LogP contribution in [0.15, 0.2) is 12.1 Å². The van der Waals surface area contributed by atoms with Crippen molar-refractivity contribution in [3.8, 4) is 5.75 Å². The zero-order chi connectivity index (χ0) is 13.9. The van der Waals surface area contributed by atoms with Crippen LogP contribution in [0.1, 0.15) is 24.2 Å². The summed E-state index contributed by atoms with van der Waals surface area (Å²) in [5.41, 5.74) is -0.995. The van der Waals surface area contributed by atoms with E-state index in [2.05, 4.69) is 5.32 Å². The number of hydrogen-bond acceptors (Lipinski definition) is 3. The van der Waals surface area contributed by atoms with Crippen LogP contribution < -0.4 is 10.1 Å². The summed E-state index contributed by atoms with van der Waals surface area (Å²) >= 11 is 0. The van der Waals surface area contributed by atoms with Gasteiger partial charge in [-0.1, -0.05) is 0 Å². The molecule has 0 radical (unpaired) electrons. The van der Waals surface area contributed by atoms with Gasteiger partial charge in [0, 0.05) is 6.07 Å². The Morgan fingerprint density at radius 2 is 1.94 bits per heavy atom. The predicted molar refractivity (Wildman–Crippen MR) is 61.5 cm³/mol. The summed E-state index contributed by atoms with van der Waals surface area (Å²) in [6.45, 7) is 2.90. The number of nitrogens with one attached hydrogen (secondary N) is 1. The van der Waals surface area contributed by atoms with Crippen LogP contribution in [0.5, 0.6) is 5.75 Å². The number of ether oxygens (including phenoxy) is 1.